The fraction of sp³-hybridized carbons (Fsp3) is 0.178. The lowest BCUT2D eigenvalue weighted by Gasteiger charge is -2.27. The van der Waals surface area contributed by atoms with E-state index in [2.05, 4.69) is 185 Å². The van der Waals surface area contributed by atoms with Gasteiger partial charge < -0.3 is 9.30 Å². The molecule has 6 nitrogen and oxygen atoms in total. The second-order valence-electron chi connectivity index (χ2n) is 22.7. The third kappa shape index (κ3) is 8.76. The molecule has 0 saturated heterocycles. The Kier molecular flexibility index (Phi) is 10.1. The van der Waals surface area contributed by atoms with E-state index in [1.165, 1.54) is 11.1 Å². The summed E-state index contributed by atoms with van der Waals surface area (Å²) in [6.07, 6.45) is 7.61. The van der Waals surface area contributed by atoms with Gasteiger partial charge in [-0.05, 0) is 141 Å². The van der Waals surface area contributed by atoms with Gasteiger partial charge in [0.05, 0.1) is 55.4 Å². The molecule has 0 radical (unpaired) electrons. The summed E-state index contributed by atoms with van der Waals surface area (Å²) in [5, 5.41) is 1.66. The Bertz CT molecular complexity index is 4840. The van der Waals surface area contributed by atoms with Gasteiger partial charge in [-0.2, -0.15) is 0 Å². The molecule has 0 saturated carbocycles. The van der Waals surface area contributed by atoms with Gasteiger partial charge in [-0.25, -0.2) is 4.98 Å². The summed E-state index contributed by atoms with van der Waals surface area (Å²) in [6.45, 7) is 18.0. The number of imidazole rings is 1. The molecule has 0 aliphatic heterocycles. The van der Waals surface area contributed by atoms with Crippen LogP contribution in [0.3, 0.4) is 0 Å². The molecule has 0 aliphatic rings. The molecule has 0 bridgehead atoms. The highest BCUT2D eigenvalue weighted by Crippen LogP contribution is 2.42. The van der Waals surface area contributed by atoms with Gasteiger partial charge in [0.1, 0.15) is 17.3 Å². The van der Waals surface area contributed by atoms with Gasteiger partial charge in [0.25, 0.3) is 6.33 Å². The minimum atomic E-state index is -0.488. The van der Waals surface area contributed by atoms with Crippen molar-refractivity contribution in [3.05, 3.63) is 241 Å². The molecule has 0 spiro atoms. The maximum absolute atomic E-state index is 9.20. The lowest BCUT2D eigenvalue weighted by Crippen LogP contribution is -2.31. The Hall–Kier alpha value is -9.00. The first-order valence-corrected chi connectivity index (χ1v) is 27.3. The van der Waals surface area contributed by atoms with E-state index in [1.54, 1.807) is 4.57 Å². The molecule has 388 valence electrons. The summed E-state index contributed by atoms with van der Waals surface area (Å²) in [4.78, 5) is 4.99. The molecule has 9 aromatic carbocycles. The molecule has 0 atom stereocenters. The molecule has 0 fully saturated rings. The van der Waals surface area contributed by atoms with Crippen LogP contribution in [0.5, 0.6) is 11.5 Å². The molecular weight excluding hydrogens is 963 g/mol. The Morgan fingerprint density at radius 2 is 1.18 bits per heavy atom. The van der Waals surface area contributed by atoms with Crippen LogP contribution in [0.15, 0.2) is 218 Å². The highest BCUT2D eigenvalue weighted by molar-refractivity contribution is 6.12. The topological polar surface area (TPSA) is 40.8 Å². The molecule has 79 heavy (non-hydrogen) atoms. The fourth-order valence-corrected chi connectivity index (χ4v) is 11.4. The minimum absolute atomic E-state index is 0.0240. The smallest absolute Gasteiger partial charge is 0.269 e. The third-order valence-corrected chi connectivity index (χ3v) is 15.7. The van der Waals surface area contributed by atoms with Crippen LogP contribution in [0.2, 0.25) is 0 Å². The van der Waals surface area contributed by atoms with Gasteiger partial charge >= 0.3 is 0 Å². The molecule has 13 aromatic rings. The monoisotopic (exact) mass is 1040 g/mol. The highest BCUT2D eigenvalue weighted by Gasteiger charge is 2.25. The van der Waals surface area contributed by atoms with Crippen LogP contribution in [-0.2, 0) is 10.8 Å². The second kappa shape index (κ2) is 19.5. The van der Waals surface area contributed by atoms with Crippen LogP contribution >= 0.6 is 0 Å². The van der Waals surface area contributed by atoms with Crippen molar-refractivity contribution in [1.82, 2.24) is 18.7 Å². The number of benzene rings is 9. The molecule has 4 heterocycles. The maximum atomic E-state index is 9.20. The summed E-state index contributed by atoms with van der Waals surface area (Å²) in [6, 6.07) is 53.1. The number of rotatable bonds is 11. The van der Waals surface area contributed by atoms with Crippen LogP contribution in [0.1, 0.15) is 102 Å². The Balaban J connectivity index is 0.969. The third-order valence-electron chi connectivity index (χ3n) is 15.7. The summed E-state index contributed by atoms with van der Waals surface area (Å²) >= 11 is 0. The average molecular weight is 1040 g/mol. The molecule has 4 aromatic heterocycles. The van der Waals surface area contributed by atoms with E-state index in [0.717, 1.165) is 84.9 Å². The number of fused-ring (bicyclic) bond motifs is 7. The number of pyridine rings is 1. The number of para-hydroxylation sites is 5. The van der Waals surface area contributed by atoms with E-state index in [1.807, 2.05) is 60.8 Å². The molecule has 6 heteroatoms. The fourth-order valence-electron chi connectivity index (χ4n) is 11.4. The van der Waals surface area contributed by atoms with Crippen LogP contribution in [-0.4, -0.2) is 18.7 Å². The van der Waals surface area contributed by atoms with Gasteiger partial charge in [0.2, 0.25) is 0 Å². The number of aromatic nitrogens is 5. The predicted octanol–water partition coefficient (Wildman–Crippen LogP) is 18.9. The Morgan fingerprint density at radius 3 is 1.89 bits per heavy atom. The SMILES string of the molecule is [2H]c1c([2H])c([2H])c2c(c1[2H])c1c([2H])c([2H])c([2H])c([2H])c1n2-c1ccc2c(c1)c1ccc(Oc3cccc(-n4[c-][n+](-c5c(-c6ccccc6)cccc5-c5cc(C(C)(C)C)cc(C(C)(C)C)c5)c5ccccc54)c3)cc1n2-c1cc(C(CC)CC)ccn1. The Morgan fingerprint density at radius 1 is 0.519 bits per heavy atom. The zero-order valence-corrected chi connectivity index (χ0v) is 45.8. The molecule has 13 rings (SSSR count). The summed E-state index contributed by atoms with van der Waals surface area (Å²) < 4.78 is 86.0. The van der Waals surface area contributed by atoms with E-state index in [9.17, 15) is 2.74 Å². The van der Waals surface area contributed by atoms with E-state index in [0.29, 0.717) is 28.9 Å². The van der Waals surface area contributed by atoms with E-state index in [-0.39, 0.29) is 56.8 Å². The van der Waals surface area contributed by atoms with Crippen molar-refractivity contribution in [3.63, 3.8) is 0 Å². The number of ether oxygens (including phenoxy) is 1. The number of hydrogen-bond acceptors (Lipinski definition) is 2. The highest BCUT2D eigenvalue weighted by atomic mass is 16.5. The molecule has 0 N–H and O–H groups in total. The zero-order valence-electron chi connectivity index (χ0n) is 53.8. The number of hydrogen-bond donors (Lipinski definition) is 0. The van der Waals surface area contributed by atoms with Crippen molar-refractivity contribution in [3.8, 4) is 56.6 Å². The minimum Gasteiger partial charge on any atom is -0.458 e. The lowest BCUT2D eigenvalue weighted by atomic mass is 9.78. The van der Waals surface area contributed by atoms with E-state index in [4.69, 9.17) is 17.9 Å². The van der Waals surface area contributed by atoms with E-state index < -0.39 is 24.2 Å². The molecular formula is C73H65N5O. The van der Waals surface area contributed by atoms with Crippen LogP contribution in [0, 0.1) is 6.33 Å². The normalized spacial score (nSPS) is 13.7. The average Bonchev–Trinajstić information content (AvgIpc) is 1.58. The number of nitrogens with zero attached hydrogens (tertiary/aromatic N) is 5. The first-order valence-electron chi connectivity index (χ1n) is 31.3. The van der Waals surface area contributed by atoms with Crippen molar-refractivity contribution < 1.29 is 20.3 Å². The largest absolute Gasteiger partial charge is 0.458 e. The predicted molar refractivity (Wildman–Crippen MR) is 328 cm³/mol. The van der Waals surface area contributed by atoms with Gasteiger partial charge in [-0.3, -0.25) is 13.7 Å². The Labute approximate surface area is 474 Å². The van der Waals surface area contributed by atoms with Gasteiger partial charge in [-0.1, -0.05) is 189 Å². The summed E-state index contributed by atoms with van der Waals surface area (Å²) in [7, 11) is 0. The van der Waals surface area contributed by atoms with Crippen molar-refractivity contribution in [2.45, 2.75) is 85.0 Å². The summed E-state index contributed by atoms with van der Waals surface area (Å²) in [5.41, 5.74) is 13.9. The zero-order chi connectivity index (χ0) is 61.1. The molecule has 0 unspecified atom stereocenters. The van der Waals surface area contributed by atoms with Gasteiger partial charge in [0, 0.05) is 39.5 Å². The standard InChI is InChI=1S/C73H65N5O/c1-9-48(10-2)50-38-39-74-70(42-50)78-66-37-34-55(77-64-30-16-14-26-60(64)61-27-15-17-31-65(61)77)45-63(66)62-36-35-57(46-69(62)78)79-56-25-20-24-54(44-56)75-47-76(68-33-19-18-32-67(68)75)71-58(49-22-12-11-13-23-49)28-21-29-59(71)51-40-52(72(3,4)5)43-53(41-51)73(6,7)8/h11-46,48H,9-10H2,1-8H3/i14D,15D,16D,17D,26D,27D,30D,31D. The van der Waals surface area contributed by atoms with Crippen LogP contribution < -0.4 is 9.30 Å². The second-order valence-corrected chi connectivity index (χ2v) is 22.7. The van der Waals surface area contributed by atoms with Crippen LogP contribution in [0.25, 0.3) is 99.8 Å². The van der Waals surface area contributed by atoms with Crippen molar-refractivity contribution in [2.75, 3.05) is 0 Å². The first kappa shape index (κ1) is 41.1. The van der Waals surface area contributed by atoms with Crippen molar-refractivity contribution in [2.24, 2.45) is 0 Å². The maximum Gasteiger partial charge on any atom is 0.269 e. The molecule has 0 aliphatic carbocycles. The quantitative estimate of drug-likeness (QED) is 0.0957. The van der Waals surface area contributed by atoms with Crippen molar-refractivity contribution in [1.29, 1.82) is 0 Å². The van der Waals surface area contributed by atoms with Gasteiger partial charge in [0.15, 0.2) is 0 Å². The first-order chi connectivity index (χ1) is 41.7. The van der Waals surface area contributed by atoms with Crippen molar-refractivity contribution >= 4 is 54.6 Å². The van der Waals surface area contributed by atoms with E-state index >= 15 is 0 Å². The lowest BCUT2D eigenvalue weighted by molar-refractivity contribution is -0.571. The summed E-state index contributed by atoms with van der Waals surface area (Å²) in [5.74, 6) is 2.18. The molecule has 0 amide bonds. The van der Waals surface area contributed by atoms with Crippen LogP contribution in [0.4, 0.5) is 0 Å². The van der Waals surface area contributed by atoms with Gasteiger partial charge in [-0.15, -0.1) is 0 Å².